The number of hydrogen-bond acceptors (Lipinski definition) is 8. The van der Waals surface area contributed by atoms with Gasteiger partial charge in [-0.2, -0.15) is 0 Å². The van der Waals surface area contributed by atoms with Crippen LogP contribution in [0.1, 0.15) is 71.5 Å². The van der Waals surface area contributed by atoms with Crippen molar-refractivity contribution in [3.05, 3.63) is 50.7 Å². The molecule has 0 radical (unpaired) electrons. The summed E-state index contributed by atoms with van der Waals surface area (Å²) in [6.07, 6.45) is 3.83. The van der Waals surface area contributed by atoms with Gasteiger partial charge in [-0.3, -0.25) is 9.59 Å². The van der Waals surface area contributed by atoms with Gasteiger partial charge in [-0.25, -0.2) is 4.98 Å². The second kappa shape index (κ2) is 13.1. The molecule has 1 amide bonds. The van der Waals surface area contributed by atoms with E-state index in [1.165, 1.54) is 11.3 Å². The average molecular weight is 530 g/mol. The molecule has 8 nitrogen and oxygen atoms in total. The van der Waals surface area contributed by atoms with Crippen molar-refractivity contribution in [3.63, 3.8) is 0 Å². The van der Waals surface area contributed by atoms with Crippen molar-refractivity contribution in [3.8, 4) is 11.5 Å². The van der Waals surface area contributed by atoms with Gasteiger partial charge in [-0.15, -0.1) is 11.3 Å². The molecule has 1 aromatic heterocycles. The molecule has 1 unspecified atom stereocenters. The molecule has 37 heavy (non-hydrogen) atoms. The minimum atomic E-state index is -0.739. The summed E-state index contributed by atoms with van der Waals surface area (Å²) < 4.78 is 11.9. The molecular weight excluding hydrogens is 490 g/mol. The third-order valence-electron chi connectivity index (χ3n) is 6.25. The summed E-state index contributed by atoms with van der Waals surface area (Å²) in [6, 6.07) is 4.77. The van der Waals surface area contributed by atoms with Crippen molar-refractivity contribution < 1.29 is 24.2 Å². The number of ether oxygens (including phenoxy) is 2. The molecule has 1 atom stereocenters. The number of nitrogens with zero attached hydrogens (tertiary/aromatic N) is 3. The van der Waals surface area contributed by atoms with Crippen molar-refractivity contribution in [1.82, 2.24) is 14.8 Å². The lowest BCUT2D eigenvalue weighted by Crippen LogP contribution is -2.33. The number of aliphatic hydroxyl groups excluding tert-OH is 1. The quantitative estimate of drug-likeness (QED) is 0.264. The molecule has 1 aliphatic heterocycles. The molecule has 2 heterocycles. The second-order valence-electron chi connectivity index (χ2n) is 9.49. The van der Waals surface area contributed by atoms with Crippen molar-refractivity contribution in [2.24, 2.45) is 0 Å². The van der Waals surface area contributed by atoms with E-state index in [1.807, 2.05) is 51.0 Å². The third-order valence-corrected chi connectivity index (χ3v) is 7.32. The highest BCUT2D eigenvalue weighted by Gasteiger charge is 2.44. The number of amides is 1. The first kappa shape index (κ1) is 28.7. The van der Waals surface area contributed by atoms with Crippen LogP contribution in [0.5, 0.6) is 11.5 Å². The molecule has 0 saturated heterocycles. The van der Waals surface area contributed by atoms with Crippen LogP contribution in [0.25, 0.3) is 0 Å². The Kier molecular flexibility index (Phi) is 10.1. The smallest absolute Gasteiger partial charge is 0.290 e. The van der Waals surface area contributed by atoms with E-state index >= 15 is 0 Å². The van der Waals surface area contributed by atoms with Gasteiger partial charge in [0.15, 0.2) is 17.3 Å². The molecule has 0 spiro atoms. The molecule has 0 bridgehead atoms. The fourth-order valence-corrected chi connectivity index (χ4v) is 5.37. The molecule has 0 saturated carbocycles. The zero-order valence-electron chi connectivity index (χ0n) is 22.8. The Bertz CT molecular complexity index is 1140. The van der Waals surface area contributed by atoms with Crippen LogP contribution in [0, 0.1) is 13.8 Å². The molecule has 1 aromatic carbocycles. The summed E-state index contributed by atoms with van der Waals surface area (Å²) in [5, 5.41) is 11.7. The highest BCUT2D eigenvalue weighted by atomic mass is 32.1. The van der Waals surface area contributed by atoms with Gasteiger partial charge in [-0.05, 0) is 71.9 Å². The zero-order valence-corrected chi connectivity index (χ0v) is 23.6. The number of aliphatic hydroxyl groups is 1. The van der Waals surface area contributed by atoms with E-state index < -0.39 is 17.7 Å². The van der Waals surface area contributed by atoms with Crippen LogP contribution in [0.2, 0.25) is 0 Å². The van der Waals surface area contributed by atoms with E-state index in [1.54, 1.807) is 11.8 Å². The number of aromatic nitrogens is 1. The van der Waals surface area contributed by atoms with E-state index in [0.717, 1.165) is 30.8 Å². The topological polar surface area (TPSA) is 92.2 Å². The number of thiazole rings is 1. The Morgan fingerprint density at radius 3 is 2.51 bits per heavy atom. The lowest BCUT2D eigenvalue weighted by Gasteiger charge is -2.28. The Morgan fingerprint density at radius 2 is 1.89 bits per heavy atom. The highest BCUT2D eigenvalue weighted by molar-refractivity contribution is 7.14. The maximum absolute atomic E-state index is 13.7. The molecule has 1 N–H and O–H groups in total. The number of unbranched alkanes of at least 4 members (excludes halogenated alkanes) is 2. The first-order valence-electron chi connectivity index (χ1n) is 13.0. The van der Waals surface area contributed by atoms with Gasteiger partial charge in [0.25, 0.3) is 5.91 Å². The van der Waals surface area contributed by atoms with Crippen molar-refractivity contribution in [1.29, 1.82) is 0 Å². The molecule has 0 aliphatic carbocycles. The lowest BCUT2D eigenvalue weighted by atomic mass is 9.94. The number of carbonyl (C=O) groups is 2. The first-order chi connectivity index (χ1) is 17.7. The minimum Gasteiger partial charge on any atom is -0.503 e. The van der Waals surface area contributed by atoms with Gasteiger partial charge in [0.2, 0.25) is 5.78 Å². The van der Waals surface area contributed by atoms with E-state index in [0.29, 0.717) is 53.8 Å². The number of carbonyl (C=O) groups excluding carboxylic acids is 2. The molecular formula is C28H39N3O5S. The maximum Gasteiger partial charge on any atom is 0.290 e. The van der Waals surface area contributed by atoms with E-state index in [9.17, 15) is 14.7 Å². The monoisotopic (exact) mass is 529 g/mol. The molecule has 202 valence electrons. The number of aryl methyl sites for hydroxylation is 2. The second-order valence-corrected chi connectivity index (χ2v) is 10.7. The molecule has 0 fully saturated rings. The average Bonchev–Trinajstić information content (AvgIpc) is 3.32. The van der Waals surface area contributed by atoms with E-state index in [-0.39, 0.29) is 11.4 Å². The first-order valence-corrected chi connectivity index (χ1v) is 13.8. The van der Waals surface area contributed by atoms with Crippen LogP contribution in [-0.4, -0.2) is 72.0 Å². The summed E-state index contributed by atoms with van der Waals surface area (Å²) in [5.41, 5.74) is 1.37. The summed E-state index contributed by atoms with van der Waals surface area (Å²) in [5.74, 6) is -0.223. The maximum atomic E-state index is 13.7. The third kappa shape index (κ3) is 6.70. The van der Waals surface area contributed by atoms with Gasteiger partial charge in [-0.1, -0.05) is 25.8 Å². The zero-order chi connectivity index (χ0) is 27.1. The predicted octanol–water partition coefficient (Wildman–Crippen LogP) is 5.26. The summed E-state index contributed by atoms with van der Waals surface area (Å²) in [6.45, 7) is 9.83. The van der Waals surface area contributed by atoms with Crippen LogP contribution in [0.4, 0.5) is 0 Å². The highest BCUT2D eigenvalue weighted by Crippen LogP contribution is 2.42. The van der Waals surface area contributed by atoms with Crippen LogP contribution >= 0.6 is 11.3 Å². The largest absolute Gasteiger partial charge is 0.503 e. The lowest BCUT2D eigenvalue weighted by molar-refractivity contribution is -0.129. The molecule has 2 aromatic rings. The predicted molar refractivity (Wildman–Crippen MR) is 146 cm³/mol. The van der Waals surface area contributed by atoms with Gasteiger partial charge in [0, 0.05) is 6.54 Å². The van der Waals surface area contributed by atoms with Crippen LogP contribution in [0.15, 0.2) is 29.5 Å². The van der Waals surface area contributed by atoms with Gasteiger partial charge < -0.3 is 24.4 Å². The summed E-state index contributed by atoms with van der Waals surface area (Å²) in [4.78, 5) is 35.4. The number of Topliss-reactive ketones (excluding diaryl/α,β-unsaturated/α-hetero) is 1. The number of ketones is 1. The Hall–Kier alpha value is -2.91. The fourth-order valence-electron chi connectivity index (χ4n) is 4.50. The SMILES string of the molecule is CCCCCOc1ccc(C2C(C(=O)c3sc(C)nc3C)=C(O)C(=O)N2CCCN(C)C)cc1OCC. The minimum absolute atomic E-state index is 0.0839. The van der Waals surface area contributed by atoms with Crippen LogP contribution in [0.3, 0.4) is 0 Å². The van der Waals surface area contributed by atoms with Crippen molar-refractivity contribution in [2.45, 2.75) is 59.4 Å². The normalized spacial score (nSPS) is 15.7. The van der Waals surface area contributed by atoms with Crippen molar-refractivity contribution >= 4 is 23.0 Å². The van der Waals surface area contributed by atoms with E-state index in [4.69, 9.17) is 9.47 Å². The number of hydrogen-bond donors (Lipinski definition) is 1. The molecule has 9 heteroatoms. The molecule has 1 aliphatic rings. The summed E-state index contributed by atoms with van der Waals surface area (Å²) in [7, 11) is 3.94. The molecule has 3 rings (SSSR count). The number of rotatable bonds is 14. The summed E-state index contributed by atoms with van der Waals surface area (Å²) >= 11 is 1.27. The van der Waals surface area contributed by atoms with Crippen LogP contribution < -0.4 is 9.47 Å². The Balaban J connectivity index is 2.03. The van der Waals surface area contributed by atoms with Crippen LogP contribution in [-0.2, 0) is 4.79 Å². The number of benzene rings is 1. The fraction of sp³-hybridized carbons (Fsp3) is 0.536. The van der Waals surface area contributed by atoms with Gasteiger partial charge in [0.1, 0.15) is 0 Å². The van der Waals surface area contributed by atoms with Gasteiger partial charge in [0.05, 0.1) is 40.4 Å². The Labute approximate surface area is 223 Å². The van der Waals surface area contributed by atoms with E-state index in [2.05, 4.69) is 11.9 Å². The standard InChI is InChI=1S/C28H39N3O5S/c1-7-9-10-16-36-21-13-12-20(17-22(21)35-8-2)24-23(25(32)27-18(3)29-19(4)37-27)26(33)28(34)31(24)15-11-14-30(5)6/h12-13,17,24,33H,7-11,14-16H2,1-6H3. The Morgan fingerprint density at radius 1 is 1.14 bits per heavy atom. The van der Waals surface area contributed by atoms with Gasteiger partial charge >= 0.3 is 0 Å². The van der Waals surface area contributed by atoms with Crippen molar-refractivity contribution in [2.75, 3.05) is 40.4 Å².